The summed E-state index contributed by atoms with van der Waals surface area (Å²) in [6, 6.07) is 6.62. The SMILES string of the molecule is Cc1ccc2c(NC3CCNC3)noc2c1. The topological polar surface area (TPSA) is 50.1 Å². The number of fused-ring (bicyclic) bond motifs is 1. The zero-order valence-electron chi connectivity index (χ0n) is 9.29. The molecule has 1 aliphatic rings. The van der Waals surface area contributed by atoms with Gasteiger partial charge in [0.25, 0.3) is 0 Å². The predicted octanol–water partition coefficient (Wildman–Crippen LogP) is 1.91. The molecule has 1 unspecified atom stereocenters. The lowest BCUT2D eigenvalue weighted by molar-refractivity contribution is 0.458. The Morgan fingerprint density at radius 2 is 2.44 bits per heavy atom. The van der Waals surface area contributed by atoms with Crippen molar-refractivity contribution < 1.29 is 4.52 Å². The minimum absolute atomic E-state index is 0.467. The van der Waals surface area contributed by atoms with E-state index in [1.807, 2.05) is 6.07 Å². The van der Waals surface area contributed by atoms with Crippen LogP contribution < -0.4 is 10.6 Å². The fourth-order valence-corrected chi connectivity index (χ4v) is 2.12. The highest BCUT2D eigenvalue weighted by atomic mass is 16.5. The normalized spacial score (nSPS) is 20.4. The Bertz CT molecular complexity index is 500. The molecular formula is C12H15N3O. The van der Waals surface area contributed by atoms with E-state index in [0.717, 1.165) is 36.3 Å². The number of hydrogen-bond acceptors (Lipinski definition) is 4. The van der Waals surface area contributed by atoms with Crippen molar-refractivity contribution >= 4 is 16.8 Å². The Morgan fingerprint density at radius 1 is 1.50 bits per heavy atom. The molecular weight excluding hydrogens is 202 g/mol. The Hall–Kier alpha value is -1.55. The first-order valence-electron chi connectivity index (χ1n) is 5.66. The highest BCUT2D eigenvalue weighted by molar-refractivity contribution is 5.88. The van der Waals surface area contributed by atoms with Crippen LogP contribution in [0.1, 0.15) is 12.0 Å². The number of aryl methyl sites for hydroxylation is 1. The van der Waals surface area contributed by atoms with Crippen molar-refractivity contribution in [2.45, 2.75) is 19.4 Å². The van der Waals surface area contributed by atoms with Crippen LogP contribution in [0.3, 0.4) is 0 Å². The van der Waals surface area contributed by atoms with Crippen LogP contribution in [0.2, 0.25) is 0 Å². The third kappa shape index (κ3) is 1.65. The summed E-state index contributed by atoms with van der Waals surface area (Å²) in [7, 11) is 0. The highest BCUT2D eigenvalue weighted by Crippen LogP contribution is 2.24. The molecule has 2 N–H and O–H groups in total. The van der Waals surface area contributed by atoms with Gasteiger partial charge in [-0.25, -0.2) is 0 Å². The summed E-state index contributed by atoms with van der Waals surface area (Å²) in [5.74, 6) is 0.865. The van der Waals surface area contributed by atoms with Crippen molar-refractivity contribution in [3.63, 3.8) is 0 Å². The Morgan fingerprint density at radius 3 is 3.25 bits per heavy atom. The van der Waals surface area contributed by atoms with E-state index in [2.05, 4.69) is 34.8 Å². The standard InChI is InChI=1S/C12H15N3O/c1-8-2-3-10-11(6-8)16-15-12(10)14-9-4-5-13-7-9/h2-3,6,9,13H,4-5,7H2,1H3,(H,14,15). The molecule has 4 nitrogen and oxygen atoms in total. The summed E-state index contributed by atoms with van der Waals surface area (Å²) in [4.78, 5) is 0. The van der Waals surface area contributed by atoms with Gasteiger partial charge in [0.2, 0.25) is 0 Å². The van der Waals surface area contributed by atoms with Gasteiger partial charge >= 0.3 is 0 Å². The van der Waals surface area contributed by atoms with Crippen molar-refractivity contribution in [2.75, 3.05) is 18.4 Å². The van der Waals surface area contributed by atoms with Crippen LogP contribution >= 0.6 is 0 Å². The molecule has 1 atom stereocenters. The van der Waals surface area contributed by atoms with E-state index in [-0.39, 0.29) is 0 Å². The fourth-order valence-electron chi connectivity index (χ4n) is 2.12. The Kier molecular flexibility index (Phi) is 2.29. The minimum Gasteiger partial charge on any atom is -0.363 e. The van der Waals surface area contributed by atoms with Crippen molar-refractivity contribution in [1.82, 2.24) is 10.5 Å². The third-order valence-corrected chi connectivity index (χ3v) is 3.03. The molecule has 0 radical (unpaired) electrons. The lowest BCUT2D eigenvalue weighted by Gasteiger charge is -2.09. The van der Waals surface area contributed by atoms with Crippen LogP contribution in [0.5, 0.6) is 0 Å². The number of rotatable bonds is 2. The first kappa shape index (κ1) is 9.66. The van der Waals surface area contributed by atoms with Crippen LogP contribution in [0, 0.1) is 6.92 Å². The van der Waals surface area contributed by atoms with Crippen molar-refractivity contribution in [2.24, 2.45) is 0 Å². The van der Waals surface area contributed by atoms with Gasteiger partial charge in [-0.2, -0.15) is 0 Å². The molecule has 1 aromatic carbocycles. The van der Waals surface area contributed by atoms with Gasteiger partial charge in [0.05, 0.1) is 5.39 Å². The van der Waals surface area contributed by atoms with E-state index in [9.17, 15) is 0 Å². The van der Waals surface area contributed by atoms with E-state index in [4.69, 9.17) is 4.52 Å². The summed E-state index contributed by atoms with van der Waals surface area (Å²) in [6.07, 6.45) is 1.14. The molecule has 1 aliphatic heterocycles. The van der Waals surface area contributed by atoms with E-state index in [1.165, 1.54) is 5.56 Å². The third-order valence-electron chi connectivity index (χ3n) is 3.03. The Labute approximate surface area is 94.0 Å². The van der Waals surface area contributed by atoms with E-state index in [0.29, 0.717) is 6.04 Å². The molecule has 1 fully saturated rings. The van der Waals surface area contributed by atoms with E-state index < -0.39 is 0 Å². The van der Waals surface area contributed by atoms with E-state index in [1.54, 1.807) is 0 Å². The second-order valence-corrected chi connectivity index (χ2v) is 4.36. The second kappa shape index (κ2) is 3.79. The summed E-state index contributed by atoms with van der Waals surface area (Å²) in [5, 5.41) is 11.9. The van der Waals surface area contributed by atoms with Gasteiger partial charge in [-0.1, -0.05) is 11.2 Å². The number of anilines is 1. The molecule has 0 aliphatic carbocycles. The second-order valence-electron chi connectivity index (χ2n) is 4.36. The van der Waals surface area contributed by atoms with Gasteiger partial charge in [0, 0.05) is 12.6 Å². The summed E-state index contributed by atoms with van der Waals surface area (Å²) >= 11 is 0. The maximum atomic E-state index is 5.31. The van der Waals surface area contributed by atoms with Gasteiger partial charge in [-0.15, -0.1) is 0 Å². The molecule has 0 saturated carbocycles. The van der Waals surface area contributed by atoms with Gasteiger partial charge in [-0.3, -0.25) is 0 Å². The maximum absolute atomic E-state index is 5.31. The van der Waals surface area contributed by atoms with Crippen LogP contribution in [0.25, 0.3) is 11.0 Å². The van der Waals surface area contributed by atoms with Crippen LogP contribution in [0.15, 0.2) is 22.7 Å². The molecule has 1 aromatic heterocycles. The first-order valence-corrected chi connectivity index (χ1v) is 5.66. The molecule has 2 aromatic rings. The zero-order chi connectivity index (χ0) is 11.0. The molecule has 2 heterocycles. The van der Waals surface area contributed by atoms with Gasteiger partial charge < -0.3 is 15.2 Å². The number of hydrogen-bond donors (Lipinski definition) is 2. The number of nitrogens with one attached hydrogen (secondary N) is 2. The molecule has 4 heteroatoms. The van der Waals surface area contributed by atoms with Crippen LogP contribution in [-0.4, -0.2) is 24.3 Å². The molecule has 0 bridgehead atoms. The number of benzene rings is 1. The quantitative estimate of drug-likeness (QED) is 0.806. The lowest BCUT2D eigenvalue weighted by Crippen LogP contribution is -2.22. The smallest absolute Gasteiger partial charge is 0.177 e. The first-order chi connectivity index (χ1) is 7.83. The van der Waals surface area contributed by atoms with Gasteiger partial charge in [0.15, 0.2) is 11.4 Å². The average molecular weight is 217 g/mol. The van der Waals surface area contributed by atoms with E-state index >= 15 is 0 Å². The molecule has 0 spiro atoms. The van der Waals surface area contributed by atoms with Crippen molar-refractivity contribution in [3.05, 3.63) is 23.8 Å². The monoisotopic (exact) mass is 217 g/mol. The number of nitrogens with zero attached hydrogens (tertiary/aromatic N) is 1. The average Bonchev–Trinajstić information content (AvgIpc) is 2.89. The largest absolute Gasteiger partial charge is 0.363 e. The minimum atomic E-state index is 0.467. The Balaban J connectivity index is 1.91. The summed E-state index contributed by atoms with van der Waals surface area (Å²) in [6.45, 7) is 4.13. The fraction of sp³-hybridized carbons (Fsp3) is 0.417. The molecule has 3 rings (SSSR count). The van der Waals surface area contributed by atoms with Crippen LogP contribution in [0.4, 0.5) is 5.82 Å². The molecule has 84 valence electrons. The van der Waals surface area contributed by atoms with Crippen molar-refractivity contribution in [3.8, 4) is 0 Å². The lowest BCUT2D eigenvalue weighted by atomic mass is 10.2. The predicted molar refractivity (Wildman–Crippen MR) is 63.6 cm³/mol. The number of aromatic nitrogens is 1. The molecule has 16 heavy (non-hydrogen) atoms. The van der Waals surface area contributed by atoms with Gasteiger partial charge in [0.1, 0.15) is 0 Å². The van der Waals surface area contributed by atoms with Crippen LogP contribution in [-0.2, 0) is 0 Å². The highest BCUT2D eigenvalue weighted by Gasteiger charge is 2.17. The zero-order valence-corrected chi connectivity index (χ0v) is 9.29. The molecule has 1 saturated heterocycles. The maximum Gasteiger partial charge on any atom is 0.177 e. The van der Waals surface area contributed by atoms with Crippen molar-refractivity contribution in [1.29, 1.82) is 0 Å². The summed E-state index contributed by atoms with van der Waals surface area (Å²) in [5.41, 5.74) is 2.05. The van der Waals surface area contributed by atoms with Gasteiger partial charge in [-0.05, 0) is 37.6 Å². The summed E-state index contributed by atoms with van der Waals surface area (Å²) < 4.78 is 5.31. The molecule has 0 amide bonds.